The summed E-state index contributed by atoms with van der Waals surface area (Å²) in [6.45, 7) is 9.41. The zero-order valence-electron chi connectivity index (χ0n) is 12.8. The second kappa shape index (κ2) is 6.39. The Morgan fingerprint density at radius 1 is 1.45 bits per heavy atom. The number of benzene rings is 1. The first-order valence-corrected chi connectivity index (χ1v) is 7.98. The number of nitrogen functional groups attached to an aromatic ring is 1. The van der Waals surface area contributed by atoms with Crippen LogP contribution in [0, 0.1) is 6.92 Å². The molecule has 1 aromatic rings. The number of amides is 1. The minimum atomic E-state index is -1.41. The number of nitrogens with two attached hydrogens (primary N) is 1. The number of carbonyl (C=O) groups excluding carboxylic acids is 1. The van der Waals surface area contributed by atoms with E-state index < -0.39 is 16.0 Å². The van der Waals surface area contributed by atoms with E-state index in [1.54, 1.807) is 25.1 Å². The zero-order chi connectivity index (χ0) is 15.5. The molecular formula is C15H24N2O2S. The van der Waals surface area contributed by atoms with Gasteiger partial charge in [0.2, 0.25) is 5.91 Å². The number of rotatable bonds is 5. The van der Waals surface area contributed by atoms with Gasteiger partial charge in [-0.2, -0.15) is 0 Å². The third-order valence-electron chi connectivity index (χ3n) is 3.58. The van der Waals surface area contributed by atoms with Crippen LogP contribution in [0.1, 0.15) is 39.7 Å². The van der Waals surface area contributed by atoms with Crippen molar-refractivity contribution < 1.29 is 9.00 Å². The molecular weight excluding hydrogens is 272 g/mol. The quantitative estimate of drug-likeness (QED) is 0.819. The van der Waals surface area contributed by atoms with Crippen LogP contribution in [-0.2, 0) is 15.6 Å². The van der Waals surface area contributed by atoms with Gasteiger partial charge >= 0.3 is 0 Å². The van der Waals surface area contributed by atoms with E-state index in [2.05, 4.69) is 5.32 Å². The molecule has 0 fully saturated rings. The van der Waals surface area contributed by atoms with E-state index in [0.717, 1.165) is 12.0 Å². The second-order valence-corrected chi connectivity index (χ2v) is 7.38. The Morgan fingerprint density at radius 2 is 2.05 bits per heavy atom. The fraction of sp³-hybridized carbons (Fsp3) is 0.533. The lowest BCUT2D eigenvalue weighted by Gasteiger charge is -2.26. The van der Waals surface area contributed by atoms with Gasteiger partial charge in [0.15, 0.2) is 0 Å². The van der Waals surface area contributed by atoms with Crippen molar-refractivity contribution in [2.24, 2.45) is 0 Å². The maximum Gasteiger partial charge on any atom is 0.236 e. The van der Waals surface area contributed by atoms with E-state index in [4.69, 9.17) is 5.73 Å². The highest BCUT2D eigenvalue weighted by molar-refractivity contribution is 7.86. The zero-order valence-corrected chi connectivity index (χ0v) is 13.6. The molecule has 1 rings (SSSR count). The lowest BCUT2D eigenvalue weighted by atomic mass is 10.0. The Morgan fingerprint density at radius 3 is 2.60 bits per heavy atom. The first-order chi connectivity index (χ1) is 9.19. The van der Waals surface area contributed by atoms with Crippen LogP contribution in [0.3, 0.4) is 0 Å². The minimum Gasteiger partial charge on any atom is -0.398 e. The Hall–Kier alpha value is -1.36. The van der Waals surface area contributed by atoms with E-state index in [0.29, 0.717) is 10.6 Å². The van der Waals surface area contributed by atoms with Gasteiger partial charge in [-0.15, -0.1) is 0 Å². The first-order valence-electron chi connectivity index (χ1n) is 6.77. The Labute approximate surface area is 123 Å². The Kier molecular flexibility index (Phi) is 5.34. The van der Waals surface area contributed by atoms with Crippen LogP contribution in [0.2, 0.25) is 0 Å². The molecule has 5 heteroatoms. The van der Waals surface area contributed by atoms with Crippen molar-refractivity contribution in [2.75, 3.05) is 5.73 Å². The minimum absolute atomic E-state index is 0.197. The summed E-state index contributed by atoms with van der Waals surface area (Å²) in [4.78, 5) is 12.8. The smallest absolute Gasteiger partial charge is 0.236 e. The molecule has 112 valence electrons. The predicted octanol–water partition coefficient (Wildman–Crippen LogP) is 2.38. The number of anilines is 1. The fourth-order valence-electron chi connectivity index (χ4n) is 1.66. The van der Waals surface area contributed by atoms with Crippen LogP contribution in [0.4, 0.5) is 5.69 Å². The Bertz CT molecular complexity index is 527. The van der Waals surface area contributed by atoms with Crippen LogP contribution in [0.25, 0.3) is 0 Å². The molecule has 0 aliphatic rings. The molecule has 3 N–H and O–H groups in total. The lowest BCUT2D eigenvalue weighted by Crippen LogP contribution is -2.47. The van der Waals surface area contributed by atoms with Gasteiger partial charge in [-0.05, 0) is 51.8 Å². The molecule has 0 saturated heterocycles. The number of hydrogen-bond donors (Lipinski definition) is 2. The first kappa shape index (κ1) is 16.7. The normalized spacial score (nSPS) is 14.7. The van der Waals surface area contributed by atoms with Crippen LogP contribution in [0.5, 0.6) is 0 Å². The van der Waals surface area contributed by atoms with Gasteiger partial charge < -0.3 is 11.1 Å². The van der Waals surface area contributed by atoms with Crippen LogP contribution >= 0.6 is 0 Å². The number of carbonyl (C=O) groups is 1. The van der Waals surface area contributed by atoms with Gasteiger partial charge in [0.05, 0.1) is 10.8 Å². The van der Waals surface area contributed by atoms with Gasteiger partial charge in [0, 0.05) is 16.1 Å². The van der Waals surface area contributed by atoms with Crippen molar-refractivity contribution in [3.63, 3.8) is 0 Å². The summed E-state index contributed by atoms with van der Waals surface area (Å²) in [5.74, 6) is -0.197. The van der Waals surface area contributed by atoms with Gasteiger partial charge in [-0.25, -0.2) is 0 Å². The summed E-state index contributed by atoms with van der Waals surface area (Å²) in [7, 11) is -1.41. The van der Waals surface area contributed by atoms with E-state index in [1.807, 2.05) is 27.7 Å². The van der Waals surface area contributed by atoms with Crippen LogP contribution in [-0.4, -0.2) is 20.9 Å². The molecule has 0 radical (unpaired) electrons. The summed E-state index contributed by atoms with van der Waals surface area (Å²) in [6, 6.07) is 5.29. The van der Waals surface area contributed by atoms with Crippen LogP contribution < -0.4 is 11.1 Å². The topological polar surface area (TPSA) is 72.2 Å². The average molecular weight is 296 g/mol. The molecule has 0 spiro atoms. The highest BCUT2D eigenvalue weighted by atomic mass is 32.2. The average Bonchev–Trinajstić information content (AvgIpc) is 2.39. The predicted molar refractivity (Wildman–Crippen MR) is 84.0 cm³/mol. The molecule has 0 aliphatic heterocycles. The third-order valence-corrected chi connectivity index (χ3v) is 5.31. The molecule has 4 nitrogen and oxygen atoms in total. The maximum absolute atomic E-state index is 12.5. The molecule has 1 amide bonds. The largest absolute Gasteiger partial charge is 0.398 e. The molecule has 0 aliphatic carbocycles. The summed E-state index contributed by atoms with van der Waals surface area (Å²) in [6.07, 6.45) is 0.815. The van der Waals surface area contributed by atoms with Crippen molar-refractivity contribution >= 4 is 22.4 Å². The summed E-state index contributed by atoms with van der Waals surface area (Å²) >= 11 is 0. The van der Waals surface area contributed by atoms with Crippen molar-refractivity contribution in [3.8, 4) is 0 Å². The molecule has 2 atom stereocenters. The van der Waals surface area contributed by atoms with Crippen molar-refractivity contribution in [2.45, 2.75) is 56.7 Å². The van der Waals surface area contributed by atoms with Gasteiger partial charge in [0.1, 0.15) is 5.25 Å². The Balaban J connectivity index is 2.92. The molecule has 2 unspecified atom stereocenters. The van der Waals surface area contributed by atoms with Crippen molar-refractivity contribution in [1.29, 1.82) is 0 Å². The summed E-state index contributed by atoms with van der Waals surface area (Å²) < 4.78 is 12.5. The monoisotopic (exact) mass is 296 g/mol. The van der Waals surface area contributed by atoms with E-state index in [-0.39, 0.29) is 11.4 Å². The molecule has 0 aromatic heterocycles. The SMILES string of the molecule is CCC(C)(C)NC(=O)C(C)S(=O)c1cccc(N)c1C. The maximum atomic E-state index is 12.5. The molecule has 0 bridgehead atoms. The third kappa shape index (κ3) is 3.82. The van der Waals surface area contributed by atoms with E-state index in [9.17, 15) is 9.00 Å². The molecule has 20 heavy (non-hydrogen) atoms. The second-order valence-electron chi connectivity index (χ2n) is 5.64. The lowest BCUT2D eigenvalue weighted by molar-refractivity contribution is -0.121. The van der Waals surface area contributed by atoms with Gasteiger partial charge in [0.25, 0.3) is 0 Å². The molecule has 0 heterocycles. The molecule has 1 aromatic carbocycles. The highest BCUT2D eigenvalue weighted by Crippen LogP contribution is 2.21. The van der Waals surface area contributed by atoms with Crippen LogP contribution in [0.15, 0.2) is 23.1 Å². The van der Waals surface area contributed by atoms with E-state index in [1.165, 1.54) is 0 Å². The summed E-state index contributed by atoms with van der Waals surface area (Å²) in [5.41, 5.74) is 6.90. The summed E-state index contributed by atoms with van der Waals surface area (Å²) in [5, 5.41) is 2.32. The van der Waals surface area contributed by atoms with Gasteiger partial charge in [-0.3, -0.25) is 9.00 Å². The van der Waals surface area contributed by atoms with E-state index >= 15 is 0 Å². The van der Waals surface area contributed by atoms with Crippen molar-refractivity contribution in [3.05, 3.63) is 23.8 Å². The highest BCUT2D eigenvalue weighted by Gasteiger charge is 2.27. The van der Waals surface area contributed by atoms with Crippen molar-refractivity contribution in [1.82, 2.24) is 5.32 Å². The fourth-order valence-corrected chi connectivity index (χ4v) is 2.93. The molecule has 0 saturated carbocycles. The number of nitrogens with one attached hydrogen (secondary N) is 1. The standard InChI is InChI=1S/C15H24N2O2S/c1-6-15(4,5)17-14(18)11(3)20(19)13-9-7-8-12(16)10(13)2/h7-9,11H,6,16H2,1-5H3,(H,17,18). The van der Waals surface area contributed by atoms with Gasteiger partial charge in [-0.1, -0.05) is 13.0 Å². The number of hydrogen-bond acceptors (Lipinski definition) is 3.